The standard InChI is InChI=1S/C16H27N3O2/c1-5-18-16(20)12-7-8-13(17)14(9-12)19-15(11(3)4)10-21-6-2/h7-9,11,15,19H,5-6,10,17H2,1-4H3,(H,18,20). The molecule has 21 heavy (non-hydrogen) atoms. The Morgan fingerprint density at radius 1 is 1.33 bits per heavy atom. The highest BCUT2D eigenvalue weighted by molar-refractivity contribution is 5.96. The van der Waals surface area contributed by atoms with E-state index in [4.69, 9.17) is 10.5 Å². The third kappa shape index (κ3) is 5.27. The van der Waals surface area contributed by atoms with E-state index in [1.165, 1.54) is 0 Å². The van der Waals surface area contributed by atoms with Crippen molar-refractivity contribution in [1.82, 2.24) is 5.32 Å². The zero-order chi connectivity index (χ0) is 15.8. The van der Waals surface area contributed by atoms with Crippen molar-refractivity contribution in [3.05, 3.63) is 23.8 Å². The van der Waals surface area contributed by atoms with Crippen LogP contribution in [0.15, 0.2) is 18.2 Å². The summed E-state index contributed by atoms with van der Waals surface area (Å²) in [5.41, 5.74) is 8.01. The van der Waals surface area contributed by atoms with E-state index in [1.807, 2.05) is 13.8 Å². The van der Waals surface area contributed by atoms with Crippen LogP contribution in [-0.2, 0) is 4.74 Å². The quantitative estimate of drug-likeness (QED) is 0.644. The van der Waals surface area contributed by atoms with Crippen molar-refractivity contribution in [2.45, 2.75) is 33.7 Å². The van der Waals surface area contributed by atoms with Gasteiger partial charge < -0.3 is 21.1 Å². The average molecular weight is 293 g/mol. The summed E-state index contributed by atoms with van der Waals surface area (Å²) in [6.07, 6.45) is 0. The smallest absolute Gasteiger partial charge is 0.251 e. The van der Waals surface area contributed by atoms with Gasteiger partial charge in [-0.05, 0) is 38.0 Å². The molecule has 0 heterocycles. The van der Waals surface area contributed by atoms with Crippen LogP contribution >= 0.6 is 0 Å². The summed E-state index contributed by atoms with van der Waals surface area (Å²) in [5, 5.41) is 6.18. The minimum atomic E-state index is -0.0912. The molecule has 1 aromatic rings. The van der Waals surface area contributed by atoms with Crippen LogP contribution in [0.25, 0.3) is 0 Å². The Balaban J connectivity index is 2.89. The first-order chi connectivity index (χ1) is 9.99. The number of anilines is 2. The van der Waals surface area contributed by atoms with Crippen LogP contribution in [0.4, 0.5) is 11.4 Å². The van der Waals surface area contributed by atoms with E-state index in [9.17, 15) is 4.79 Å². The van der Waals surface area contributed by atoms with Crippen molar-refractivity contribution in [3.8, 4) is 0 Å². The first-order valence-corrected chi connectivity index (χ1v) is 7.51. The van der Waals surface area contributed by atoms with Gasteiger partial charge in [0.15, 0.2) is 0 Å². The molecule has 0 aliphatic rings. The summed E-state index contributed by atoms with van der Waals surface area (Å²) < 4.78 is 5.50. The molecule has 1 unspecified atom stereocenters. The molecule has 0 saturated heterocycles. The van der Waals surface area contributed by atoms with Crippen molar-refractivity contribution >= 4 is 17.3 Å². The number of carbonyl (C=O) groups is 1. The molecule has 5 nitrogen and oxygen atoms in total. The van der Waals surface area contributed by atoms with Gasteiger partial charge in [0.2, 0.25) is 0 Å². The maximum atomic E-state index is 11.9. The molecule has 1 aromatic carbocycles. The Kier molecular flexibility index (Phi) is 7.02. The zero-order valence-corrected chi connectivity index (χ0v) is 13.4. The Morgan fingerprint density at radius 2 is 2.05 bits per heavy atom. The number of hydrogen-bond donors (Lipinski definition) is 3. The van der Waals surface area contributed by atoms with Gasteiger partial charge in [0.25, 0.3) is 5.91 Å². The normalized spacial score (nSPS) is 12.2. The number of ether oxygens (including phenoxy) is 1. The number of carbonyl (C=O) groups excluding carboxylic acids is 1. The summed E-state index contributed by atoms with van der Waals surface area (Å²) in [7, 11) is 0. The first-order valence-electron chi connectivity index (χ1n) is 7.51. The molecule has 0 radical (unpaired) electrons. The van der Waals surface area contributed by atoms with Crippen LogP contribution in [0.3, 0.4) is 0 Å². The fourth-order valence-electron chi connectivity index (χ4n) is 1.93. The van der Waals surface area contributed by atoms with Gasteiger partial charge in [0, 0.05) is 18.7 Å². The molecule has 1 atom stereocenters. The molecule has 5 heteroatoms. The number of amides is 1. The SMILES string of the molecule is CCNC(=O)c1ccc(N)c(NC(COCC)C(C)C)c1. The highest BCUT2D eigenvalue weighted by Gasteiger charge is 2.15. The summed E-state index contributed by atoms with van der Waals surface area (Å²) in [4.78, 5) is 11.9. The minimum Gasteiger partial charge on any atom is -0.397 e. The molecule has 0 spiro atoms. The first kappa shape index (κ1) is 17.3. The van der Waals surface area contributed by atoms with Gasteiger partial charge in [-0.2, -0.15) is 0 Å². The lowest BCUT2D eigenvalue weighted by Crippen LogP contribution is -2.31. The molecule has 0 aliphatic carbocycles. The number of benzene rings is 1. The number of rotatable bonds is 8. The molecule has 4 N–H and O–H groups in total. The lowest BCUT2D eigenvalue weighted by molar-refractivity contribution is 0.0956. The van der Waals surface area contributed by atoms with Gasteiger partial charge in [-0.15, -0.1) is 0 Å². The summed E-state index contributed by atoms with van der Waals surface area (Å²) in [5.74, 6) is 0.301. The maximum Gasteiger partial charge on any atom is 0.251 e. The molecule has 0 aromatic heterocycles. The van der Waals surface area contributed by atoms with Crippen LogP contribution in [0.2, 0.25) is 0 Å². The zero-order valence-electron chi connectivity index (χ0n) is 13.4. The molecule has 1 amide bonds. The third-order valence-corrected chi connectivity index (χ3v) is 3.30. The fraction of sp³-hybridized carbons (Fsp3) is 0.562. The Morgan fingerprint density at radius 3 is 2.62 bits per heavy atom. The van der Waals surface area contributed by atoms with E-state index in [0.717, 1.165) is 5.69 Å². The number of nitrogens with one attached hydrogen (secondary N) is 2. The van der Waals surface area contributed by atoms with Gasteiger partial charge >= 0.3 is 0 Å². The molecule has 0 saturated carbocycles. The lowest BCUT2D eigenvalue weighted by Gasteiger charge is -2.24. The van der Waals surface area contributed by atoms with E-state index in [-0.39, 0.29) is 11.9 Å². The molecule has 0 bridgehead atoms. The molecular weight excluding hydrogens is 266 g/mol. The molecule has 0 fully saturated rings. The van der Waals surface area contributed by atoms with E-state index < -0.39 is 0 Å². The molecule has 1 rings (SSSR count). The Bertz CT molecular complexity index is 461. The van der Waals surface area contributed by atoms with Crippen LogP contribution in [0.1, 0.15) is 38.1 Å². The monoisotopic (exact) mass is 293 g/mol. The highest BCUT2D eigenvalue weighted by atomic mass is 16.5. The summed E-state index contributed by atoms with van der Waals surface area (Å²) >= 11 is 0. The van der Waals surface area contributed by atoms with Crippen LogP contribution < -0.4 is 16.4 Å². The Hall–Kier alpha value is -1.75. The highest BCUT2D eigenvalue weighted by Crippen LogP contribution is 2.22. The van der Waals surface area contributed by atoms with Crippen LogP contribution in [0, 0.1) is 5.92 Å². The molecular formula is C16H27N3O2. The van der Waals surface area contributed by atoms with Gasteiger partial charge in [0.05, 0.1) is 24.0 Å². The van der Waals surface area contributed by atoms with Crippen molar-refractivity contribution in [1.29, 1.82) is 0 Å². The summed E-state index contributed by atoms with van der Waals surface area (Å²) in [6, 6.07) is 5.43. The van der Waals surface area contributed by atoms with Gasteiger partial charge in [-0.1, -0.05) is 13.8 Å². The summed E-state index contributed by atoms with van der Waals surface area (Å²) in [6.45, 7) is 10.0. The van der Waals surface area contributed by atoms with Crippen molar-refractivity contribution in [2.75, 3.05) is 30.8 Å². The van der Waals surface area contributed by atoms with Crippen molar-refractivity contribution in [3.63, 3.8) is 0 Å². The second-order valence-corrected chi connectivity index (χ2v) is 5.32. The third-order valence-electron chi connectivity index (χ3n) is 3.30. The van der Waals surface area contributed by atoms with Gasteiger partial charge in [0.1, 0.15) is 0 Å². The van der Waals surface area contributed by atoms with Gasteiger partial charge in [-0.3, -0.25) is 4.79 Å². The number of hydrogen-bond acceptors (Lipinski definition) is 4. The molecule has 0 aliphatic heterocycles. The van der Waals surface area contributed by atoms with Gasteiger partial charge in [-0.25, -0.2) is 0 Å². The number of nitrogens with two attached hydrogens (primary N) is 1. The number of nitrogen functional groups attached to an aromatic ring is 1. The van der Waals surface area contributed by atoms with Crippen molar-refractivity contribution < 1.29 is 9.53 Å². The second kappa shape index (κ2) is 8.52. The van der Waals surface area contributed by atoms with Crippen LogP contribution in [0.5, 0.6) is 0 Å². The maximum absolute atomic E-state index is 11.9. The fourth-order valence-corrected chi connectivity index (χ4v) is 1.93. The predicted octanol–water partition coefficient (Wildman–Crippen LogP) is 2.49. The predicted molar refractivity (Wildman–Crippen MR) is 87.6 cm³/mol. The minimum absolute atomic E-state index is 0.0912. The van der Waals surface area contributed by atoms with Crippen LogP contribution in [-0.4, -0.2) is 31.7 Å². The van der Waals surface area contributed by atoms with E-state index in [0.29, 0.717) is 36.9 Å². The van der Waals surface area contributed by atoms with E-state index in [2.05, 4.69) is 24.5 Å². The Labute approximate surface area is 127 Å². The largest absolute Gasteiger partial charge is 0.397 e. The topological polar surface area (TPSA) is 76.4 Å². The van der Waals surface area contributed by atoms with Crippen molar-refractivity contribution in [2.24, 2.45) is 5.92 Å². The average Bonchev–Trinajstić information content (AvgIpc) is 2.45. The van der Waals surface area contributed by atoms with E-state index in [1.54, 1.807) is 18.2 Å². The second-order valence-electron chi connectivity index (χ2n) is 5.32. The lowest BCUT2D eigenvalue weighted by atomic mass is 10.0. The van der Waals surface area contributed by atoms with E-state index >= 15 is 0 Å². The molecule has 118 valence electrons.